The van der Waals surface area contributed by atoms with Crippen LogP contribution in [0.1, 0.15) is 16.1 Å². The number of hydrogen-bond donors (Lipinski definition) is 0. The molecule has 0 atom stereocenters. The van der Waals surface area contributed by atoms with Crippen LogP contribution in [0.15, 0.2) is 59.0 Å². The Morgan fingerprint density at radius 3 is 2.50 bits per heavy atom. The summed E-state index contributed by atoms with van der Waals surface area (Å²) in [6, 6.07) is 17.9. The Bertz CT molecular complexity index is 879. The molecule has 5 heteroatoms. The minimum atomic E-state index is -0.558. The summed E-state index contributed by atoms with van der Waals surface area (Å²) in [7, 11) is 0. The predicted octanol–water partition coefficient (Wildman–Crippen LogP) is 4.26. The average Bonchev–Trinajstić information content (AvgIpc) is 3.00. The molecule has 0 N–H and O–H groups in total. The van der Waals surface area contributed by atoms with Crippen LogP contribution in [0.2, 0.25) is 0 Å². The minimum Gasteiger partial charge on any atom is -0.425 e. The number of rotatable bonds is 3. The number of nitriles is 1. The van der Waals surface area contributed by atoms with Gasteiger partial charge in [0, 0.05) is 16.7 Å². The zero-order valence-corrected chi connectivity index (χ0v) is 12.0. The third-order valence-corrected chi connectivity index (χ3v) is 3.33. The smallest absolute Gasteiger partial charge is 0.252 e. The van der Waals surface area contributed by atoms with Crippen LogP contribution in [-0.2, 0) is 0 Å². The normalized spacial score (nSPS) is 10.2. The van der Waals surface area contributed by atoms with Gasteiger partial charge in [0.25, 0.3) is 5.24 Å². The fraction of sp³-hybridized carbons (Fsp3) is 0. The topological polar surface area (TPSA) is 66.9 Å². The highest BCUT2D eigenvalue weighted by Crippen LogP contribution is 2.29. The van der Waals surface area contributed by atoms with Crippen LogP contribution in [0.4, 0.5) is 0 Å². The first-order valence-corrected chi connectivity index (χ1v) is 6.83. The Morgan fingerprint density at radius 2 is 1.82 bits per heavy atom. The molecule has 2 aromatic carbocycles. The molecule has 3 rings (SSSR count). The van der Waals surface area contributed by atoms with Gasteiger partial charge in [0.15, 0.2) is 0 Å². The number of hydrogen-bond acceptors (Lipinski definition) is 4. The summed E-state index contributed by atoms with van der Waals surface area (Å²) in [5, 5.41) is 8.67. The van der Waals surface area contributed by atoms with Crippen LogP contribution in [-0.4, -0.2) is 10.2 Å². The van der Waals surface area contributed by atoms with E-state index in [1.165, 1.54) is 0 Å². The van der Waals surface area contributed by atoms with Gasteiger partial charge in [0.05, 0.1) is 0 Å². The quantitative estimate of drug-likeness (QED) is 0.678. The second kappa shape index (κ2) is 5.84. The molecule has 0 bridgehead atoms. The number of nitrogens with zero attached hydrogens (tertiary/aromatic N) is 2. The van der Waals surface area contributed by atoms with E-state index in [-0.39, 0.29) is 11.7 Å². The summed E-state index contributed by atoms with van der Waals surface area (Å²) < 4.78 is 5.51. The molecule has 0 saturated carbocycles. The number of oxazole rings is 1. The van der Waals surface area contributed by atoms with Crippen molar-refractivity contribution in [2.45, 2.75) is 0 Å². The van der Waals surface area contributed by atoms with Crippen LogP contribution in [0.5, 0.6) is 0 Å². The summed E-state index contributed by atoms with van der Waals surface area (Å²) in [4.78, 5) is 15.6. The van der Waals surface area contributed by atoms with Gasteiger partial charge in [-0.3, -0.25) is 4.79 Å². The molecule has 4 nitrogen and oxygen atoms in total. The molecule has 0 aliphatic heterocycles. The van der Waals surface area contributed by atoms with E-state index in [4.69, 9.17) is 16.0 Å². The van der Waals surface area contributed by atoms with Gasteiger partial charge in [-0.2, -0.15) is 5.26 Å². The van der Waals surface area contributed by atoms with E-state index in [0.29, 0.717) is 16.8 Å². The van der Waals surface area contributed by atoms with Crippen LogP contribution in [0.25, 0.3) is 22.7 Å². The molecule has 0 saturated heterocycles. The number of carbonyl (C=O) groups excluding carboxylic acids is 1. The second-order valence-electron chi connectivity index (χ2n) is 4.53. The van der Waals surface area contributed by atoms with Gasteiger partial charge in [0.1, 0.15) is 11.8 Å². The molecule has 0 fully saturated rings. The predicted molar refractivity (Wildman–Crippen MR) is 82.3 cm³/mol. The minimum absolute atomic E-state index is 0.129. The molecule has 0 amide bonds. The van der Waals surface area contributed by atoms with Gasteiger partial charge in [-0.1, -0.05) is 42.5 Å². The monoisotopic (exact) mass is 308 g/mol. The van der Waals surface area contributed by atoms with Crippen molar-refractivity contribution in [2.24, 2.45) is 0 Å². The molecular formula is C17H9ClN2O2. The Balaban J connectivity index is 2.11. The summed E-state index contributed by atoms with van der Waals surface area (Å²) in [5.74, 6) is 0.402. The maximum atomic E-state index is 11.2. The van der Waals surface area contributed by atoms with Crippen molar-refractivity contribution in [2.75, 3.05) is 0 Å². The Kier molecular flexibility index (Phi) is 3.73. The number of halogens is 1. The number of aromatic nitrogens is 1. The lowest BCUT2D eigenvalue weighted by molar-refractivity contribution is 0.108. The lowest BCUT2D eigenvalue weighted by Gasteiger charge is -1.97. The molecule has 1 heterocycles. The summed E-state index contributed by atoms with van der Waals surface area (Å²) >= 11 is 5.48. The highest BCUT2D eigenvalue weighted by Gasteiger charge is 2.16. The van der Waals surface area contributed by atoms with E-state index in [1.807, 2.05) is 36.4 Å². The molecule has 22 heavy (non-hydrogen) atoms. The zero-order valence-electron chi connectivity index (χ0n) is 11.3. The lowest BCUT2D eigenvalue weighted by Crippen LogP contribution is -1.89. The van der Waals surface area contributed by atoms with Gasteiger partial charge in [-0.15, -0.1) is 0 Å². The van der Waals surface area contributed by atoms with Gasteiger partial charge in [-0.05, 0) is 23.7 Å². The molecule has 3 aromatic rings. The molecule has 106 valence electrons. The maximum Gasteiger partial charge on any atom is 0.252 e. The van der Waals surface area contributed by atoms with Crippen molar-refractivity contribution >= 4 is 16.8 Å². The maximum absolute atomic E-state index is 11.2. The molecule has 0 aliphatic carbocycles. The Morgan fingerprint density at radius 1 is 1.09 bits per heavy atom. The van der Waals surface area contributed by atoms with E-state index in [2.05, 4.69) is 4.98 Å². The van der Waals surface area contributed by atoms with Crippen molar-refractivity contribution in [3.05, 3.63) is 65.9 Å². The molecule has 1 aromatic heterocycles. The van der Waals surface area contributed by atoms with Crippen LogP contribution in [0, 0.1) is 11.3 Å². The SMILES string of the molecule is N#Cc1oc(-c2cccc(C(=O)Cl)c2)nc1-c1ccccc1. The van der Waals surface area contributed by atoms with Crippen molar-refractivity contribution in [1.82, 2.24) is 4.98 Å². The van der Waals surface area contributed by atoms with E-state index >= 15 is 0 Å². The largest absolute Gasteiger partial charge is 0.425 e. The fourth-order valence-corrected chi connectivity index (χ4v) is 2.20. The summed E-state index contributed by atoms with van der Waals surface area (Å²) in [6.45, 7) is 0. The molecule has 0 radical (unpaired) electrons. The van der Waals surface area contributed by atoms with Crippen molar-refractivity contribution < 1.29 is 9.21 Å². The van der Waals surface area contributed by atoms with Crippen LogP contribution >= 0.6 is 11.6 Å². The Hall–Kier alpha value is -2.90. The fourth-order valence-electron chi connectivity index (χ4n) is 2.09. The summed E-state index contributed by atoms with van der Waals surface area (Å²) in [6.07, 6.45) is 0. The first-order chi connectivity index (χ1) is 10.7. The van der Waals surface area contributed by atoms with Gasteiger partial charge >= 0.3 is 0 Å². The van der Waals surface area contributed by atoms with E-state index in [1.54, 1.807) is 24.3 Å². The standard InChI is InChI=1S/C17H9ClN2O2/c18-16(21)12-7-4-8-13(9-12)17-20-15(14(10-19)22-17)11-5-2-1-3-6-11/h1-9H. The van der Waals surface area contributed by atoms with Gasteiger partial charge in [-0.25, -0.2) is 4.98 Å². The second-order valence-corrected chi connectivity index (χ2v) is 4.87. The molecule has 0 unspecified atom stereocenters. The van der Waals surface area contributed by atoms with Crippen molar-refractivity contribution in [3.8, 4) is 28.8 Å². The molecule has 0 spiro atoms. The zero-order chi connectivity index (χ0) is 15.5. The molecule has 0 aliphatic rings. The van der Waals surface area contributed by atoms with Crippen molar-refractivity contribution in [3.63, 3.8) is 0 Å². The van der Waals surface area contributed by atoms with Gasteiger partial charge < -0.3 is 4.42 Å². The highest BCUT2D eigenvalue weighted by molar-refractivity contribution is 6.67. The van der Waals surface area contributed by atoms with E-state index < -0.39 is 5.24 Å². The number of benzene rings is 2. The van der Waals surface area contributed by atoms with Crippen LogP contribution < -0.4 is 0 Å². The molecular weight excluding hydrogens is 300 g/mol. The van der Waals surface area contributed by atoms with E-state index in [0.717, 1.165) is 5.56 Å². The Labute approximate surface area is 131 Å². The first-order valence-electron chi connectivity index (χ1n) is 6.45. The van der Waals surface area contributed by atoms with E-state index in [9.17, 15) is 10.1 Å². The number of carbonyl (C=O) groups is 1. The lowest BCUT2D eigenvalue weighted by atomic mass is 10.1. The van der Waals surface area contributed by atoms with Crippen LogP contribution in [0.3, 0.4) is 0 Å². The van der Waals surface area contributed by atoms with Gasteiger partial charge in [0.2, 0.25) is 11.7 Å². The summed E-state index contributed by atoms with van der Waals surface area (Å²) in [5.41, 5.74) is 2.20. The third-order valence-electron chi connectivity index (χ3n) is 3.11. The highest BCUT2D eigenvalue weighted by atomic mass is 35.5. The van der Waals surface area contributed by atoms with Crippen molar-refractivity contribution in [1.29, 1.82) is 5.26 Å². The third kappa shape index (κ3) is 2.62. The average molecular weight is 309 g/mol. The first kappa shape index (κ1) is 14.1.